The van der Waals surface area contributed by atoms with Crippen LogP contribution in [0.2, 0.25) is 0 Å². The fraction of sp³-hybridized carbons (Fsp3) is 0.231. The second-order valence-corrected chi connectivity index (χ2v) is 7.00. The van der Waals surface area contributed by atoms with Gasteiger partial charge in [0.05, 0.1) is 11.4 Å². The van der Waals surface area contributed by atoms with Crippen LogP contribution in [0.1, 0.15) is 28.0 Å². The molecule has 0 fully saturated rings. The molecule has 106 valence electrons. The van der Waals surface area contributed by atoms with Crippen LogP contribution in [0.4, 0.5) is 0 Å². The van der Waals surface area contributed by atoms with Crippen LogP contribution in [0.3, 0.4) is 0 Å². The van der Waals surface area contributed by atoms with Crippen molar-refractivity contribution in [3.05, 3.63) is 45.9 Å². The van der Waals surface area contributed by atoms with Crippen LogP contribution < -0.4 is 4.72 Å². The number of ketones is 1. The third-order valence-corrected chi connectivity index (χ3v) is 5.00. The number of nitrogens with zero attached hydrogens (tertiary/aromatic N) is 1. The summed E-state index contributed by atoms with van der Waals surface area (Å²) in [4.78, 5) is 15.6. The monoisotopic (exact) mass is 310 g/mol. The molecule has 1 aromatic carbocycles. The van der Waals surface area contributed by atoms with Crippen LogP contribution in [0.5, 0.6) is 0 Å². The van der Waals surface area contributed by atoms with E-state index in [4.69, 9.17) is 0 Å². The number of benzene rings is 1. The lowest BCUT2D eigenvalue weighted by Crippen LogP contribution is -2.23. The van der Waals surface area contributed by atoms with E-state index in [1.807, 2.05) is 12.3 Å². The Balaban J connectivity index is 2.17. The van der Waals surface area contributed by atoms with Crippen molar-refractivity contribution < 1.29 is 13.2 Å². The molecule has 0 unspecified atom stereocenters. The number of carbonyl (C=O) groups excluding carboxylic acids is 1. The number of thiazole rings is 1. The van der Waals surface area contributed by atoms with Crippen LogP contribution >= 0.6 is 11.3 Å². The van der Waals surface area contributed by atoms with Gasteiger partial charge < -0.3 is 0 Å². The number of Topliss-reactive ketones (excluding diaryl/α,β-unsaturated/α-hetero) is 1. The molecular formula is C13H14N2O3S2. The van der Waals surface area contributed by atoms with Gasteiger partial charge in [0.25, 0.3) is 0 Å². The smallest absolute Gasteiger partial charge is 0.240 e. The highest BCUT2D eigenvalue weighted by atomic mass is 32.2. The molecule has 2 rings (SSSR count). The Bertz CT molecular complexity index is 736. The minimum absolute atomic E-state index is 0.0819. The second kappa shape index (κ2) is 5.82. The summed E-state index contributed by atoms with van der Waals surface area (Å²) in [7, 11) is -3.64. The molecule has 0 aliphatic rings. The molecule has 7 heteroatoms. The van der Waals surface area contributed by atoms with Crippen LogP contribution in [-0.4, -0.2) is 19.2 Å². The number of carbonyl (C=O) groups is 1. The van der Waals surface area contributed by atoms with Crippen molar-refractivity contribution in [2.24, 2.45) is 0 Å². The van der Waals surface area contributed by atoms with Crippen LogP contribution in [0.25, 0.3) is 0 Å². The van der Waals surface area contributed by atoms with Crippen molar-refractivity contribution in [1.82, 2.24) is 9.71 Å². The summed E-state index contributed by atoms with van der Waals surface area (Å²) >= 11 is 1.40. The Morgan fingerprint density at radius 3 is 2.75 bits per heavy atom. The van der Waals surface area contributed by atoms with Gasteiger partial charge >= 0.3 is 0 Å². The highest BCUT2D eigenvalue weighted by molar-refractivity contribution is 7.89. The summed E-state index contributed by atoms with van der Waals surface area (Å²) in [6.07, 6.45) is 0. The summed E-state index contributed by atoms with van der Waals surface area (Å²) in [6, 6.07) is 5.98. The van der Waals surface area contributed by atoms with Gasteiger partial charge in [-0.3, -0.25) is 4.79 Å². The Hall–Kier alpha value is -1.57. The highest BCUT2D eigenvalue weighted by Gasteiger charge is 2.15. The van der Waals surface area contributed by atoms with Gasteiger partial charge in [0.1, 0.15) is 5.01 Å². The maximum Gasteiger partial charge on any atom is 0.240 e. The van der Waals surface area contributed by atoms with E-state index in [9.17, 15) is 13.2 Å². The average molecular weight is 310 g/mol. The van der Waals surface area contributed by atoms with Gasteiger partial charge in [0.2, 0.25) is 10.0 Å². The van der Waals surface area contributed by atoms with Crippen molar-refractivity contribution in [1.29, 1.82) is 0 Å². The Labute approximate surface area is 121 Å². The molecule has 0 spiro atoms. The van der Waals surface area contributed by atoms with Gasteiger partial charge in [-0.2, -0.15) is 0 Å². The van der Waals surface area contributed by atoms with Gasteiger partial charge in [0.15, 0.2) is 5.78 Å². The number of aryl methyl sites for hydroxylation is 1. The first kappa shape index (κ1) is 14.8. The molecule has 0 atom stereocenters. The first-order valence-corrected chi connectivity index (χ1v) is 8.26. The summed E-state index contributed by atoms with van der Waals surface area (Å²) in [5.41, 5.74) is 1.24. The van der Waals surface area contributed by atoms with Gasteiger partial charge in [-0.05, 0) is 26.0 Å². The number of nitrogens with one attached hydrogen (secondary N) is 1. The number of sulfonamides is 1. The molecule has 0 bridgehead atoms. The summed E-state index contributed by atoms with van der Waals surface area (Å²) in [5.74, 6) is -0.169. The Kier molecular flexibility index (Phi) is 4.32. The van der Waals surface area contributed by atoms with Gasteiger partial charge in [-0.15, -0.1) is 11.3 Å². The minimum atomic E-state index is -3.64. The molecule has 0 amide bonds. The molecule has 1 heterocycles. The molecule has 2 aromatic rings. The van der Waals surface area contributed by atoms with Gasteiger partial charge in [-0.25, -0.2) is 18.1 Å². The maximum absolute atomic E-state index is 12.1. The average Bonchev–Trinajstić information content (AvgIpc) is 2.82. The summed E-state index contributed by atoms with van der Waals surface area (Å²) in [5, 5.41) is 2.56. The van der Waals surface area contributed by atoms with Crippen LogP contribution in [0.15, 0.2) is 34.5 Å². The zero-order valence-electron chi connectivity index (χ0n) is 11.1. The van der Waals surface area contributed by atoms with E-state index >= 15 is 0 Å². The molecule has 0 aliphatic heterocycles. The lowest BCUT2D eigenvalue weighted by Gasteiger charge is -2.06. The van der Waals surface area contributed by atoms with Crippen molar-refractivity contribution in [3.8, 4) is 0 Å². The Morgan fingerprint density at radius 2 is 2.15 bits per heavy atom. The normalized spacial score (nSPS) is 11.5. The molecule has 0 saturated carbocycles. The van der Waals surface area contributed by atoms with E-state index in [0.29, 0.717) is 10.6 Å². The SMILES string of the molecule is CC(=O)c1cccc(S(=O)(=O)NCc2nc(C)cs2)c1. The predicted octanol–water partition coefficient (Wildman–Crippen LogP) is 2.13. The molecule has 0 aliphatic carbocycles. The second-order valence-electron chi connectivity index (χ2n) is 4.29. The fourth-order valence-corrected chi connectivity index (χ4v) is 3.44. The van der Waals surface area contributed by atoms with Gasteiger partial charge in [-0.1, -0.05) is 12.1 Å². The molecule has 1 N–H and O–H groups in total. The number of rotatable bonds is 5. The lowest BCUT2D eigenvalue weighted by molar-refractivity contribution is 0.101. The summed E-state index contributed by atoms with van der Waals surface area (Å²) in [6.45, 7) is 3.40. The fourth-order valence-electron chi connectivity index (χ4n) is 1.61. The number of hydrogen-bond donors (Lipinski definition) is 1. The first-order valence-electron chi connectivity index (χ1n) is 5.90. The molecule has 5 nitrogen and oxygen atoms in total. The van der Waals surface area contributed by atoms with Gasteiger partial charge in [0, 0.05) is 16.6 Å². The van der Waals surface area contributed by atoms with E-state index in [2.05, 4.69) is 9.71 Å². The Morgan fingerprint density at radius 1 is 1.40 bits per heavy atom. The molecule has 0 radical (unpaired) electrons. The lowest BCUT2D eigenvalue weighted by atomic mass is 10.2. The topological polar surface area (TPSA) is 76.1 Å². The number of aromatic nitrogens is 1. The van der Waals surface area contributed by atoms with Crippen molar-refractivity contribution in [3.63, 3.8) is 0 Å². The standard InChI is InChI=1S/C13H14N2O3S2/c1-9-8-19-13(15-9)7-14-20(17,18)12-5-3-4-11(6-12)10(2)16/h3-6,8,14H,7H2,1-2H3. The van der Waals surface area contributed by atoms with E-state index in [1.165, 1.54) is 30.4 Å². The molecular weight excluding hydrogens is 296 g/mol. The zero-order chi connectivity index (χ0) is 14.8. The summed E-state index contributed by atoms with van der Waals surface area (Å²) < 4.78 is 26.8. The maximum atomic E-state index is 12.1. The first-order chi connectivity index (χ1) is 9.38. The third kappa shape index (κ3) is 3.50. The largest absolute Gasteiger partial charge is 0.295 e. The van der Waals surface area contributed by atoms with Crippen molar-refractivity contribution in [2.45, 2.75) is 25.3 Å². The zero-order valence-corrected chi connectivity index (χ0v) is 12.7. The third-order valence-electron chi connectivity index (χ3n) is 2.63. The highest BCUT2D eigenvalue weighted by Crippen LogP contribution is 2.14. The molecule has 1 aromatic heterocycles. The van der Waals surface area contributed by atoms with E-state index in [0.717, 1.165) is 5.69 Å². The van der Waals surface area contributed by atoms with Crippen molar-refractivity contribution in [2.75, 3.05) is 0 Å². The minimum Gasteiger partial charge on any atom is -0.295 e. The van der Waals surface area contributed by atoms with E-state index in [-0.39, 0.29) is 17.2 Å². The van der Waals surface area contributed by atoms with E-state index in [1.54, 1.807) is 12.1 Å². The quantitative estimate of drug-likeness (QED) is 0.858. The van der Waals surface area contributed by atoms with Crippen LogP contribution in [-0.2, 0) is 16.6 Å². The van der Waals surface area contributed by atoms with Crippen LogP contribution in [0, 0.1) is 6.92 Å². The number of hydrogen-bond acceptors (Lipinski definition) is 5. The molecule has 0 saturated heterocycles. The van der Waals surface area contributed by atoms with E-state index < -0.39 is 10.0 Å². The predicted molar refractivity (Wildman–Crippen MR) is 77.3 cm³/mol. The molecule has 20 heavy (non-hydrogen) atoms. The van der Waals surface area contributed by atoms with Crippen molar-refractivity contribution >= 4 is 27.1 Å².